The van der Waals surface area contributed by atoms with Crippen LogP contribution in [0.2, 0.25) is 10.0 Å². The van der Waals surface area contributed by atoms with Gasteiger partial charge in [-0.2, -0.15) is 0 Å². The third kappa shape index (κ3) is 3.98. The van der Waals surface area contributed by atoms with Crippen LogP contribution in [0.1, 0.15) is 29.6 Å². The number of anilines is 2. The SMILES string of the molecule is O=C(Nc1ccccc1N1CCCCC1)c1cc(Cl)cc(Cl)c1. The van der Waals surface area contributed by atoms with Gasteiger partial charge in [-0.3, -0.25) is 4.79 Å². The molecule has 0 spiro atoms. The molecule has 1 amide bonds. The molecule has 1 aliphatic heterocycles. The summed E-state index contributed by atoms with van der Waals surface area (Å²) in [5.41, 5.74) is 2.33. The highest BCUT2D eigenvalue weighted by Crippen LogP contribution is 2.29. The predicted molar refractivity (Wildman–Crippen MR) is 96.9 cm³/mol. The zero-order valence-electron chi connectivity index (χ0n) is 12.7. The summed E-state index contributed by atoms with van der Waals surface area (Å²) in [6.45, 7) is 2.05. The first-order valence-electron chi connectivity index (χ1n) is 7.75. The van der Waals surface area contributed by atoms with Crippen molar-refractivity contribution < 1.29 is 4.79 Å². The topological polar surface area (TPSA) is 32.3 Å². The van der Waals surface area contributed by atoms with Gasteiger partial charge in [-0.05, 0) is 49.6 Å². The molecular formula is C18H18Cl2N2O. The van der Waals surface area contributed by atoms with Crippen LogP contribution in [0.4, 0.5) is 11.4 Å². The normalized spacial score (nSPS) is 14.6. The van der Waals surface area contributed by atoms with Crippen molar-refractivity contribution in [3.8, 4) is 0 Å². The van der Waals surface area contributed by atoms with Gasteiger partial charge < -0.3 is 10.2 Å². The number of benzene rings is 2. The molecule has 0 bridgehead atoms. The van der Waals surface area contributed by atoms with E-state index in [0.717, 1.165) is 24.5 Å². The Bertz CT molecular complexity index is 692. The lowest BCUT2D eigenvalue weighted by molar-refractivity contribution is 0.102. The molecule has 2 aromatic carbocycles. The molecule has 1 fully saturated rings. The van der Waals surface area contributed by atoms with Crippen LogP contribution in [-0.4, -0.2) is 19.0 Å². The minimum atomic E-state index is -0.209. The van der Waals surface area contributed by atoms with Crippen LogP contribution in [0.5, 0.6) is 0 Å². The molecule has 1 saturated heterocycles. The largest absolute Gasteiger partial charge is 0.370 e. The lowest BCUT2D eigenvalue weighted by atomic mass is 10.1. The Hall–Kier alpha value is -1.71. The first-order chi connectivity index (χ1) is 11.1. The van der Waals surface area contributed by atoms with Gasteiger partial charge in [0.15, 0.2) is 0 Å². The van der Waals surface area contributed by atoms with Gasteiger partial charge in [-0.25, -0.2) is 0 Å². The quantitative estimate of drug-likeness (QED) is 0.822. The molecule has 1 N–H and O–H groups in total. The summed E-state index contributed by atoms with van der Waals surface area (Å²) >= 11 is 12.0. The van der Waals surface area contributed by atoms with Crippen molar-refractivity contribution in [3.05, 3.63) is 58.1 Å². The van der Waals surface area contributed by atoms with E-state index >= 15 is 0 Å². The average molecular weight is 349 g/mol. The maximum atomic E-state index is 12.5. The number of hydrogen-bond donors (Lipinski definition) is 1. The monoisotopic (exact) mass is 348 g/mol. The molecule has 3 nitrogen and oxygen atoms in total. The Morgan fingerprint density at radius 2 is 1.61 bits per heavy atom. The standard InChI is InChI=1S/C18H18Cl2N2O/c19-14-10-13(11-15(20)12-14)18(23)21-16-6-2-3-7-17(16)22-8-4-1-5-9-22/h2-3,6-7,10-12H,1,4-5,8-9H2,(H,21,23). The zero-order valence-corrected chi connectivity index (χ0v) is 14.2. The molecule has 120 valence electrons. The lowest BCUT2D eigenvalue weighted by Gasteiger charge is -2.30. The third-order valence-electron chi connectivity index (χ3n) is 3.97. The van der Waals surface area contributed by atoms with E-state index in [2.05, 4.69) is 10.2 Å². The van der Waals surface area contributed by atoms with Crippen LogP contribution in [0.3, 0.4) is 0 Å². The second kappa shape index (κ2) is 7.24. The number of nitrogens with zero attached hydrogens (tertiary/aromatic N) is 1. The first kappa shape index (κ1) is 16.2. The molecule has 2 aromatic rings. The summed E-state index contributed by atoms with van der Waals surface area (Å²) in [7, 11) is 0. The van der Waals surface area contributed by atoms with Gasteiger partial charge in [0, 0.05) is 28.7 Å². The Balaban J connectivity index is 1.83. The summed E-state index contributed by atoms with van der Waals surface area (Å²) in [4.78, 5) is 14.8. The molecular weight excluding hydrogens is 331 g/mol. The Labute approximate surface area is 146 Å². The molecule has 0 atom stereocenters. The number of rotatable bonds is 3. The number of piperidine rings is 1. The molecule has 0 radical (unpaired) electrons. The average Bonchev–Trinajstić information content (AvgIpc) is 2.55. The van der Waals surface area contributed by atoms with Crippen LogP contribution in [-0.2, 0) is 0 Å². The minimum absolute atomic E-state index is 0.209. The van der Waals surface area contributed by atoms with E-state index in [4.69, 9.17) is 23.2 Å². The fourth-order valence-corrected chi connectivity index (χ4v) is 3.40. The summed E-state index contributed by atoms with van der Waals surface area (Å²) in [5, 5.41) is 3.88. The molecule has 0 aliphatic carbocycles. The third-order valence-corrected chi connectivity index (χ3v) is 4.41. The first-order valence-corrected chi connectivity index (χ1v) is 8.50. The Kier molecular flexibility index (Phi) is 5.09. The molecule has 0 saturated carbocycles. The van der Waals surface area contributed by atoms with Crippen molar-refractivity contribution in [2.24, 2.45) is 0 Å². The Morgan fingerprint density at radius 3 is 2.30 bits per heavy atom. The van der Waals surface area contributed by atoms with Gasteiger partial charge in [0.2, 0.25) is 0 Å². The van der Waals surface area contributed by atoms with E-state index in [1.165, 1.54) is 19.3 Å². The van der Waals surface area contributed by atoms with Crippen LogP contribution in [0, 0.1) is 0 Å². The molecule has 5 heteroatoms. The zero-order chi connectivity index (χ0) is 16.2. The summed E-state index contributed by atoms with van der Waals surface area (Å²) in [6, 6.07) is 12.7. The maximum Gasteiger partial charge on any atom is 0.255 e. The van der Waals surface area contributed by atoms with Gasteiger partial charge in [-0.1, -0.05) is 35.3 Å². The van der Waals surface area contributed by atoms with E-state index in [1.807, 2.05) is 24.3 Å². The summed E-state index contributed by atoms with van der Waals surface area (Å²) < 4.78 is 0. The highest BCUT2D eigenvalue weighted by molar-refractivity contribution is 6.35. The van der Waals surface area contributed by atoms with E-state index < -0.39 is 0 Å². The van der Waals surface area contributed by atoms with E-state index in [9.17, 15) is 4.79 Å². The lowest BCUT2D eigenvalue weighted by Crippen LogP contribution is -2.30. The fraction of sp³-hybridized carbons (Fsp3) is 0.278. The van der Waals surface area contributed by atoms with Gasteiger partial charge in [0.05, 0.1) is 11.4 Å². The van der Waals surface area contributed by atoms with Gasteiger partial charge in [-0.15, -0.1) is 0 Å². The van der Waals surface area contributed by atoms with Crippen LogP contribution < -0.4 is 10.2 Å². The van der Waals surface area contributed by atoms with Crippen molar-refractivity contribution in [2.45, 2.75) is 19.3 Å². The smallest absolute Gasteiger partial charge is 0.255 e. The van der Waals surface area contributed by atoms with Gasteiger partial charge in [0.1, 0.15) is 0 Å². The highest BCUT2D eigenvalue weighted by Gasteiger charge is 2.16. The summed E-state index contributed by atoms with van der Waals surface area (Å²) in [6.07, 6.45) is 3.64. The van der Waals surface area contributed by atoms with Crippen LogP contribution in [0.25, 0.3) is 0 Å². The van der Waals surface area contributed by atoms with E-state index in [0.29, 0.717) is 15.6 Å². The molecule has 1 aliphatic rings. The minimum Gasteiger partial charge on any atom is -0.370 e. The second-order valence-electron chi connectivity index (χ2n) is 5.68. The van der Waals surface area contributed by atoms with Gasteiger partial charge in [0.25, 0.3) is 5.91 Å². The Morgan fingerprint density at radius 1 is 0.957 bits per heavy atom. The van der Waals surface area contributed by atoms with Crippen molar-refractivity contribution >= 4 is 40.5 Å². The highest BCUT2D eigenvalue weighted by atomic mass is 35.5. The fourth-order valence-electron chi connectivity index (χ4n) is 2.87. The van der Waals surface area contributed by atoms with Gasteiger partial charge >= 0.3 is 0 Å². The number of halogens is 2. The molecule has 1 heterocycles. The second-order valence-corrected chi connectivity index (χ2v) is 6.55. The summed E-state index contributed by atoms with van der Waals surface area (Å²) in [5.74, 6) is -0.209. The van der Waals surface area contributed by atoms with E-state index in [-0.39, 0.29) is 5.91 Å². The number of carbonyl (C=O) groups is 1. The van der Waals surface area contributed by atoms with Crippen molar-refractivity contribution in [3.63, 3.8) is 0 Å². The predicted octanol–water partition coefficient (Wildman–Crippen LogP) is 5.24. The molecule has 3 rings (SSSR count). The number of carbonyl (C=O) groups excluding carboxylic acids is 1. The number of hydrogen-bond acceptors (Lipinski definition) is 2. The number of para-hydroxylation sites is 2. The maximum absolute atomic E-state index is 12.5. The number of nitrogens with one attached hydrogen (secondary N) is 1. The van der Waals surface area contributed by atoms with Crippen molar-refractivity contribution in [1.82, 2.24) is 0 Å². The van der Waals surface area contributed by atoms with Crippen LogP contribution in [0.15, 0.2) is 42.5 Å². The van der Waals surface area contributed by atoms with Crippen LogP contribution >= 0.6 is 23.2 Å². The van der Waals surface area contributed by atoms with Crippen molar-refractivity contribution in [2.75, 3.05) is 23.3 Å². The number of amides is 1. The van der Waals surface area contributed by atoms with Crippen molar-refractivity contribution in [1.29, 1.82) is 0 Å². The molecule has 0 aromatic heterocycles. The molecule has 0 unspecified atom stereocenters. The molecule has 23 heavy (non-hydrogen) atoms. The van der Waals surface area contributed by atoms with E-state index in [1.54, 1.807) is 18.2 Å².